The summed E-state index contributed by atoms with van der Waals surface area (Å²) in [5.74, 6) is 0.769. The maximum atomic E-state index is 12.5. The van der Waals surface area contributed by atoms with Crippen molar-refractivity contribution >= 4 is 27.8 Å². The predicted molar refractivity (Wildman–Crippen MR) is 103 cm³/mol. The Morgan fingerprint density at radius 1 is 1.19 bits per heavy atom. The second-order valence-electron chi connectivity index (χ2n) is 6.54. The van der Waals surface area contributed by atoms with E-state index in [1.54, 1.807) is 38.4 Å². The van der Waals surface area contributed by atoms with Gasteiger partial charge in [-0.15, -0.1) is 0 Å². The number of benzene rings is 1. The summed E-state index contributed by atoms with van der Waals surface area (Å²) in [5.41, 5.74) is 4.41. The minimum Gasteiger partial charge on any atom is -0.497 e. The lowest BCUT2D eigenvalue weighted by Crippen LogP contribution is -2.21. The van der Waals surface area contributed by atoms with Gasteiger partial charge >= 0.3 is 0 Å². The van der Waals surface area contributed by atoms with E-state index < -0.39 is 0 Å². The number of amides is 1. The van der Waals surface area contributed by atoms with E-state index in [1.165, 1.54) is 0 Å². The Balaban J connectivity index is 1.94. The molecular weight excluding hydrogens is 328 g/mol. The molecule has 4 aromatic rings. The first-order valence-electron chi connectivity index (χ1n) is 8.32. The molecule has 1 amide bonds. The molecule has 3 aromatic heterocycles. The smallest absolute Gasteiger partial charge is 0.254 e. The quantitative estimate of drug-likeness (QED) is 0.617. The first-order chi connectivity index (χ1) is 12.5. The number of methoxy groups -OCH3 is 1. The largest absolute Gasteiger partial charge is 0.497 e. The molecule has 132 valence electrons. The van der Waals surface area contributed by atoms with Crippen LogP contribution in [0.1, 0.15) is 10.4 Å². The van der Waals surface area contributed by atoms with Crippen molar-refractivity contribution in [2.45, 2.75) is 0 Å². The predicted octanol–water partition coefficient (Wildman–Crippen LogP) is 3.43. The number of pyridine rings is 1. The molecule has 0 atom stereocenters. The summed E-state index contributed by atoms with van der Waals surface area (Å²) < 4.78 is 7.45. The summed E-state index contributed by atoms with van der Waals surface area (Å²) in [6, 6.07) is 9.77. The van der Waals surface area contributed by atoms with Crippen LogP contribution in [0.3, 0.4) is 0 Å². The lowest BCUT2D eigenvalue weighted by atomic mass is 10.1. The molecule has 4 rings (SSSR count). The highest BCUT2D eigenvalue weighted by atomic mass is 16.5. The van der Waals surface area contributed by atoms with Crippen molar-refractivity contribution in [2.24, 2.45) is 7.05 Å². The number of nitrogens with zero attached hydrogens (tertiary/aromatic N) is 3. The van der Waals surface area contributed by atoms with Gasteiger partial charge < -0.3 is 19.2 Å². The average Bonchev–Trinajstić information content (AvgIpc) is 3.21. The summed E-state index contributed by atoms with van der Waals surface area (Å²) in [7, 11) is 7.17. The zero-order valence-electron chi connectivity index (χ0n) is 15.2. The molecule has 0 aliphatic heterocycles. The van der Waals surface area contributed by atoms with Gasteiger partial charge in [-0.05, 0) is 30.3 Å². The molecular formula is C20H20N4O2. The van der Waals surface area contributed by atoms with Crippen molar-refractivity contribution in [1.29, 1.82) is 0 Å². The molecule has 0 aliphatic rings. The molecule has 6 nitrogen and oxygen atoms in total. The van der Waals surface area contributed by atoms with E-state index in [0.717, 1.165) is 33.3 Å². The Morgan fingerprint density at radius 2 is 2.00 bits per heavy atom. The van der Waals surface area contributed by atoms with Gasteiger partial charge in [0.05, 0.1) is 12.7 Å². The first kappa shape index (κ1) is 16.2. The Morgan fingerprint density at radius 3 is 2.73 bits per heavy atom. The number of hydrogen-bond donors (Lipinski definition) is 1. The number of carbonyl (C=O) groups excluding carboxylic acids is 1. The van der Waals surface area contributed by atoms with Crippen LogP contribution < -0.4 is 4.74 Å². The second-order valence-corrected chi connectivity index (χ2v) is 6.54. The number of H-pyrrole nitrogens is 1. The molecule has 0 saturated heterocycles. The van der Waals surface area contributed by atoms with E-state index >= 15 is 0 Å². The van der Waals surface area contributed by atoms with Crippen LogP contribution in [0.25, 0.3) is 33.2 Å². The van der Waals surface area contributed by atoms with Crippen LogP contribution >= 0.6 is 0 Å². The number of fused-ring (bicyclic) bond motifs is 2. The van der Waals surface area contributed by atoms with E-state index in [2.05, 4.69) is 20.7 Å². The number of carbonyl (C=O) groups is 1. The monoisotopic (exact) mass is 348 g/mol. The topological polar surface area (TPSA) is 63.1 Å². The Kier molecular flexibility index (Phi) is 3.68. The normalized spacial score (nSPS) is 11.2. The Hall–Kier alpha value is -3.28. The number of rotatable bonds is 3. The van der Waals surface area contributed by atoms with Crippen molar-refractivity contribution < 1.29 is 9.53 Å². The fourth-order valence-corrected chi connectivity index (χ4v) is 3.31. The number of ether oxygens (including phenoxy) is 1. The van der Waals surface area contributed by atoms with Gasteiger partial charge in [-0.2, -0.15) is 0 Å². The third kappa shape index (κ3) is 2.42. The van der Waals surface area contributed by atoms with Crippen molar-refractivity contribution in [3.63, 3.8) is 0 Å². The molecule has 0 bridgehead atoms. The molecule has 0 radical (unpaired) electrons. The molecule has 6 heteroatoms. The Bertz CT molecular complexity index is 1140. The third-order valence-corrected chi connectivity index (χ3v) is 4.66. The van der Waals surface area contributed by atoms with E-state index in [9.17, 15) is 4.79 Å². The van der Waals surface area contributed by atoms with Crippen LogP contribution in [0.4, 0.5) is 0 Å². The first-order valence-corrected chi connectivity index (χ1v) is 8.32. The summed E-state index contributed by atoms with van der Waals surface area (Å²) in [6.45, 7) is 0. The molecule has 0 aliphatic carbocycles. The van der Waals surface area contributed by atoms with Crippen LogP contribution in [-0.2, 0) is 7.05 Å². The number of hydrogen-bond acceptors (Lipinski definition) is 3. The molecule has 26 heavy (non-hydrogen) atoms. The van der Waals surface area contributed by atoms with E-state index in [1.807, 2.05) is 31.3 Å². The fourth-order valence-electron chi connectivity index (χ4n) is 3.31. The van der Waals surface area contributed by atoms with Crippen molar-refractivity contribution in [3.05, 3.63) is 48.3 Å². The van der Waals surface area contributed by atoms with Gasteiger partial charge in [0.25, 0.3) is 5.91 Å². The molecule has 0 fully saturated rings. The highest BCUT2D eigenvalue weighted by Gasteiger charge is 2.17. The summed E-state index contributed by atoms with van der Waals surface area (Å²) >= 11 is 0. The molecule has 1 N–H and O–H groups in total. The molecule has 0 saturated carbocycles. The van der Waals surface area contributed by atoms with Gasteiger partial charge in [-0.1, -0.05) is 0 Å². The number of aromatic amines is 1. The van der Waals surface area contributed by atoms with Gasteiger partial charge in [0, 0.05) is 61.1 Å². The molecule has 0 spiro atoms. The van der Waals surface area contributed by atoms with E-state index in [-0.39, 0.29) is 5.91 Å². The molecule has 0 unspecified atom stereocenters. The van der Waals surface area contributed by atoms with Crippen LogP contribution in [0, 0.1) is 0 Å². The average molecular weight is 348 g/mol. The van der Waals surface area contributed by atoms with Crippen LogP contribution in [0.5, 0.6) is 5.75 Å². The van der Waals surface area contributed by atoms with Crippen LogP contribution in [0.15, 0.2) is 42.7 Å². The lowest BCUT2D eigenvalue weighted by Gasteiger charge is -2.10. The number of aryl methyl sites for hydroxylation is 1. The highest BCUT2D eigenvalue weighted by molar-refractivity contribution is 6.07. The van der Waals surface area contributed by atoms with Crippen LogP contribution in [-0.4, -0.2) is 46.5 Å². The zero-order chi connectivity index (χ0) is 18.4. The lowest BCUT2D eigenvalue weighted by molar-refractivity contribution is 0.0829. The zero-order valence-corrected chi connectivity index (χ0v) is 15.2. The van der Waals surface area contributed by atoms with Crippen molar-refractivity contribution in [2.75, 3.05) is 21.2 Å². The summed E-state index contributed by atoms with van der Waals surface area (Å²) in [4.78, 5) is 21.8. The Labute approximate surface area is 151 Å². The number of nitrogens with one attached hydrogen (secondary N) is 1. The summed E-state index contributed by atoms with van der Waals surface area (Å²) in [5, 5.41) is 1.90. The van der Waals surface area contributed by atoms with Crippen LogP contribution in [0.2, 0.25) is 0 Å². The summed E-state index contributed by atoms with van der Waals surface area (Å²) in [6.07, 6.45) is 3.73. The van der Waals surface area contributed by atoms with E-state index in [0.29, 0.717) is 11.2 Å². The SMILES string of the molecule is COc1ccc2c(c1)c(-c1cc3c(C(=O)N(C)C)ccnc3[nH]1)cn2C. The minimum atomic E-state index is -0.0393. The van der Waals surface area contributed by atoms with Gasteiger partial charge in [0.15, 0.2) is 0 Å². The molecule has 3 heterocycles. The third-order valence-electron chi connectivity index (χ3n) is 4.66. The number of aromatic nitrogens is 3. The van der Waals surface area contributed by atoms with Gasteiger partial charge in [-0.25, -0.2) is 4.98 Å². The highest BCUT2D eigenvalue weighted by Crippen LogP contribution is 2.34. The second kappa shape index (κ2) is 5.91. The minimum absolute atomic E-state index is 0.0393. The van der Waals surface area contributed by atoms with Crippen molar-refractivity contribution in [1.82, 2.24) is 19.4 Å². The molecule has 1 aromatic carbocycles. The fraction of sp³-hybridized carbons (Fsp3) is 0.200. The van der Waals surface area contributed by atoms with Gasteiger partial charge in [0.2, 0.25) is 0 Å². The van der Waals surface area contributed by atoms with E-state index in [4.69, 9.17) is 4.74 Å². The van der Waals surface area contributed by atoms with Gasteiger partial charge in [0.1, 0.15) is 11.4 Å². The standard InChI is InChI=1S/C20H20N4O2/c1-23(2)20(25)13-7-8-21-19-15(13)10-17(22-19)16-11-24(3)18-6-5-12(26-4)9-14(16)18/h5-11H,1-4H3,(H,21,22). The maximum Gasteiger partial charge on any atom is 0.254 e. The van der Waals surface area contributed by atoms with Gasteiger partial charge in [-0.3, -0.25) is 4.79 Å². The van der Waals surface area contributed by atoms with Crippen molar-refractivity contribution in [3.8, 4) is 17.0 Å². The maximum absolute atomic E-state index is 12.5.